The summed E-state index contributed by atoms with van der Waals surface area (Å²) in [4.78, 5) is 13.0. The van der Waals surface area contributed by atoms with Crippen molar-refractivity contribution < 1.29 is 20.5 Å². The molecule has 0 saturated carbocycles. The van der Waals surface area contributed by atoms with E-state index in [2.05, 4.69) is 15.9 Å². The number of halogens is 1. The number of anilines is 1. The Morgan fingerprint density at radius 3 is 2.44 bits per heavy atom. The van der Waals surface area contributed by atoms with Gasteiger partial charge in [0.1, 0.15) is 0 Å². The third-order valence-electron chi connectivity index (χ3n) is 3.52. The molecule has 1 aliphatic rings. The van der Waals surface area contributed by atoms with E-state index in [0.29, 0.717) is 19.8 Å². The molecule has 3 rings (SSSR count). The van der Waals surface area contributed by atoms with Gasteiger partial charge < -0.3 is 9.64 Å². The summed E-state index contributed by atoms with van der Waals surface area (Å²) in [5.41, 5.74) is 0.510. The van der Waals surface area contributed by atoms with Crippen molar-refractivity contribution in [1.82, 2.24) is 4.90 Å². The van der Waals surface area contributed by atoms with Crippen LogP contribution in [0.1, 0.15) is 33.8 Å². The molecule has 1 fully saturated rings. The van der Waals surface area contributed by atoms with Crippen molar-refractivity contribution in [2.75, 3.05) is 37.5 Å². The number of esters is 1. The van der Waals surface area contributed by atoms with Crippen LogP contribution >= 0.6 is 15.9 Å². The van der Waals surface area contributed by atoms with Gasteiger partial charge in [-0.25, -0.2) is 4.79 Å². The molecule has 0 radical (unpaired) electrons. The Bertz CT molecular complexity index is 1000. The minimum absolute atomic E-state index is 0.119. The minimum Gasteiger partial charge on any atom is -0.462 e. The van der Waals surface area contributed by atoms with Gasteiger partial charge in [0.25, 0.3) is 0 Å². The summed E-state index contributed by atoms with van der Waals surface area (Å²) in [6.45, 7) is -10.5. The second kappa shape index (κ2) is 8.50. The maximum Gasteiger partial charge on any atom is 0.338 e. The molecule has 0 unspecified atom stereocenters. The van der Waals surface area contributed by atoms with Gasteiger partial charge in [-0.15, -0.1) is 0 Å². The van der Waals surface area contributed by atoms with E-state index in [4.69, 9.17) is 15.7 Å². The molecule has 25 heavy (non-hydrogen) atoms. The summed E-state index contributed by atoms with van der Waals surface area (Å²) < 4.78 is 74.0. The zero-order valence-electron chi connectivity index (χ0n) is 21.6. The molecule has 1 saturated heterocycles. The highest BCUT2D eigenvalue weighted by molar-refractivity contribution is 9.10. The fourth-order valence-corrected chi connectivity index (χ4v) is 2.65. The maximum atomic E-state index is 11.9. The van der Waals surface area contributed by atoms with E-state index in [1.54, 1.807) is 31.2 Å². The quantitative estimate of drug-likeness (QED) is 0.698. The fraction of sp³-hybridized carbons (Fsp3) is 0.350. The van der Waals surface area contributed by atoms with Crippen LogP contribution in [0.3, 0.4) is 0 Å². The lowest BCUT2D eigenvalue weighted by Gasteiger charge is -2.36. The smallest absolute Gasteiger partial charge is 0.338 e. The van der Waals surface area contributed by atoms with Gasteiger partial charge >= 0.3 is 5.97 Å². The highest BCUT2D eigenvalue weighted by Gasteiger charge is 2.18. The first-order valence-corrected chi connectivity index (χ1v) is 8.57. The van der Waals surface area contributed by atoms with Crippen LogP contribution in [0.15, 0.2) is 53.0 Å². The topological polar surface area (TPSA) is 32.8 Å². The van der Waals surface area contributed by atoms with Gasteiger partial charge in [-0.2, -0.15) is 0 Å². The molecule has 0 aromatic heterocycles. The standard InChI is InChI=1S/C20H23BrN2O2/c1-2-25-20(24)16-7-9-18(10-8-16)23-13-11-22(12-14-23)15-17-5-3-4-6-19(17)21/h3-10H,2,11-15H2,1H3/i11D2,12D2,13D2,14D2. The Morgan fingerprint density at radius 1 is 1.12 bits per heavy atom. The molecule has 4 nitrogen and oxygen atoms in total. The molecule has 0 N–H and O–H groups in total. The van der Waals surface area contributed by atoms with Gasteiger partial charge in [-0.1, -0.05) is 34.1 Å². The first kappa shape index (κ1) is 10.3. The van der Waals surface area contributed by atoms with Crippen LogP contribution in [0.5, 0.6) is 0 Å². The van der Waals surface area contributed by atoms with Crippen LogP contribution in [-0.2, 0) is 11.3 Å². The molecule has 1 aliphatic heterocycles. The molecule has 0 spiro atoms. The Labute approximate surface area is 168 Å². The molecule has 0 atom stereocenters. The number of nitrogens with zero attached hydrogens (tertiary/aromatic N) is 2. The van der Waals surface area contributed by atoms with Crippen LogP contribution in [0.4, 0.5) is 5.69 Å². The summed E-state index contributed by atoms with van der Waals surface area (Å²) in [7, 11) is 0. The van der Waals surface area contributed by atoms with Crippen molar-refractivity contribution in [3.8, 4) is 0 Å². The maximum absolute atomic E-state index is 11.9. The van der Waals surface area contributed by atoms with E-state index in [1.165, 1.54) is 24.3 Å². The van der Waals surface area contributed by atoms with E-state index in [9.17, 15) is 4.79 Å². The highest BCUT2D eigenvalue weighted by Crippen LogP contribution is 2.21. The van der Waals surface area contributed by atoms with Gasteiger partial charge in [-0.05, 0) is 42.8 Å². The Hall–Kier alpha value is -1.85. The third kappa shape index (κ3) is 4.61. The molecule has 0 aliphatic carbocycles. The number of rotatable bonds is 5. The molecule has 2 aromatic carbocycles. The van der Waals surface area contributed by atoms with Crippen LogP contribution in [-0.4, -0.2) is 43.5 Å². The molecular formula is C20H23BrN2O2. The Balaban J connectivity index is 2.08. The summed E-state index contributed by atoms with van der Waals surface area (Å²) in [5.74, 6) is -0.612. The van der Waals surface area contributed by atoms with Crippen molar-refractivity contribution in [3.63, 3.8) is 0 Å². The molecule has 2 aromatic rings. The Morgan fingerprint density at radius 2 is 1.80 bits per heavy atom. The number of carbonyl (C=O) groups excluding carboxylic acids is 1. The lowest BCUT2D eigenvalue weighted by molar-refractivity contribution is 0.0526. The van der Waals surface area contributed by atoms with Crippen molar-refractivity contribution in [1.29, 1.82) is 0 Å². The van der Waals surface area contributed by atoms with E-state index in [0.717, 1.165) is 0 Å². The predicted octanol–water partition coefficient (Wildman–Crippen LogP) is 3.95. The lowest BCUT2D eigenvalue weighted by atomic mass is 10.1. The number of piperazine rings is 1. The molecule has 0 amide bonds. The number of hydrogen-bond donors (Lipinski definition) is 0. The zero-order valence-corrected chi connectivity index (χ0v) is 15.2. The monoisotopic (exact) mass is 410 g/mol. The number of hydrogen-bond acceptors (Lipinski definition) is 4. The summed E-state index contributed by atoms with van der Waals surface area (Å²) in [6, 6.07) is 11.8. The van der Waals surface area contributed by atoms with Crippen LogP contribution < -0.4 is 4.90 Å². The fourth-order valence-electron chi connectivity index (χ4n) is 2.24. The first-order chi connectivity index (χ1) is 15.2. The first-order valence-electron chi connectivity index (χ1n) is 11.8. The number of ether oxygens (including phenoxy) is 1. The molecular weight excluding hydrogens is 380 g/mol. The van der Waals surface area contributed by atoms with Gasteiger partial charge in [0.05, 0.1) is 17.7 Å². The van der Waals surface area contributed by atoms with Gasteiger partial charge in [0, 0.05) is 48.2 Å². The SMILES string of the molecule is [2H]C1([2H])N(Cc2ccccc2Br)C([2H])([2H])C([2H])([2H])N(c2ccc(C(=O)OCC)cc2)C1([2H])[2H]. The molecule has 132 valence electrons. The second-order valence-electron chi connectivity index (χ2n) is 5.23. The van der Waals surface area contributed by atoms with Crippen molar-refractivity contribution in [2.45, 2.75) is 13.5 Å². The van der Waals surface area contributed by atoms with Gasteiger partial charge in [0.15, 0.2) is 0 Å². The summed E-state index contributed by atoms with van der Waals surface area (Å²) >= 11 is 3.33. The van der Waals surface area contributed by atoms with Crippen molar-refractivity contribution in [2.24, 2.45) is 0 Å². The lowest BCUT2D eigenvalue weighted by Crippen LogP contribution is -2.46. The predicted molar refractivity (Wildman–Crippen MR) is 104 cm³/mol. The molecule has 1 heterocycles. The second-order valence-corrected chi connectivity index (χ2v) is 6.08. The number of benzene rings is 2. The number of carbonyl (C=O) groups is 1. The van der Waals surface area contributed by atoms with Crippen LogP contribution in [0.25, 0.3) is 0 Å². The molecule has 0 bridgehead atoms. The molecule has 5 heteroatoms. The average Bonchev–Trinajstić information content (AvgIpc) is 2.72. The van der Waals surface area contributed by atoms with E-state index in [-0.39, 0.29) is 24.4 Å². The van der Waals surface area contributed by atoms with Gasteiger partial charge in [0.2, 0.25) is 0 Å². The van der Waals surface area contributed by atoms with E-state index < -0.39 is 32.0 Å². The van der Waals surface area contributed by atoms with Crippen molar-refractivity contribution >= 4 is 27.6 Å². The largest absolute Gasteiger partial charge is 0.462 e. The average molecular weight is 411 g/mol. The van der Waals surface area contributed by atoms with E-state index >= 15 is 0 Å². The normalized spacial score (nSPS) is 28.0. The third-order valence-corrected chi connectivity index (χ3v) is 4.29. The summed E-state index contributed by atoms with van der Waals surface area (Å²) in [6.07, 6.45) is 0. The summed E-state index contributed by atoms with van der Waals surface area (Å²) in [5, 5.41) is 0. The minimum atomic E-state index is -2.99. The van der Waals surface area contributed by atoms with E-state index in [1.807, 2.05) is 0 Å². The van der Waals surface area contributed by atoms with Gasteiger partial charge in [-0.3, -0.25) is 4.90 Å². The van der Waals surface area contributed by atoms with Crippen LogP contribution in [0, 0.1) is 0 Å². The highest BCUT2D eigenvalue weighted by atomic mass is 79.9. The zero-order chi connectivity index (χ0) is 24.8. The van der Waals surface area contributed by atoms with Crippen LogP contribution in [0.2, 0.25) is 0 Å². The van der Waals surface area contributed by atoms with Crippen molar-refractivity contribution in [3.05, 3.63) is 64.1 Å². The Kier molecular flexibility index (Phi) is 3.51.